The second-order valence-electron chi connectivity index (χ2n) is 10.1. The molecule has 1 aliphatic heterocycles. The Morgan fingerprint density at radius 3 is 1.73 bits per heavy atom. The van der Waals surface area contributed by atoms with Gasteiger partial charge < -0.3 is 14.5 Å². The summed E-state index contributed by atoms with van der Waals surface area (Å²) in [7, 11) is 0. The largest absolute Gasteiger partial charge is 0.492 e. The normalized spacial score (nSPS) is 15.4. The molecule has 0 aliphatic carbocycles. The number of nitrogens with zero attached hydrogens (tertiary/aromatic N) is 2. The van der Waals surface area contributed by atoms with E-state index in [1.54, 1.807) is 17.0 Å². The van der Waals surface area contributed by atoms with Crippen molar-refractivity contribution in [2.45, 2.75) is 27.7 Å². The van der Waals surface area contributed by atoms with Gasteiger partial charge in [-0.15, -0.1) is 12.4 Å². The molecule has 0 aromatic heterocycles. The van der Waals surface area contributed by atoms with Crippen LogP contribution in [0.2, 0.25) is 0 Å². The van der Waals surface area contributed by atoms with Crippen molar-refractivity contribution in [2.75, 3.05) is 39.3 Å². The van der Waals surface area contributed by atoms with Crippen LogP contribution in [0.25, 0.3) is 12.2 Å². The van der Waals surface area contributed by atoms with E-state index in [0.29, 0.717) is 23.3 Å². The van der Waals surface area contributed by atoms with Gasteiger partial charge in [-0.3, -0.25) is 9.59 Å². The molecule has 0 unspecified atom stereocenters. The summed E-state index contributed by atoms with van der Waals surface area (Å²) in [5.74, 6) is 0.617. The van der Waals surface area contributed by atoms with Gasteiger partial charge in [-0.05, 0) is 74.5 Å². The first-order valence-corrected chi connectivity index (χ1v) is 13.7. The van der Waals surface area contributed by atoms with Crippen LogP contribution in [0.5, 0.6) is 5.75 Å². The molecule has 5 nitrogen and oxygen atoms in total. The molecule has 1 fully saturated rings. The Morgan fingerprint density at radius 2 is 1.27 bits per heavy atom. The number of ketones is 1. The molecule has 3 aromatic carbocycles. The Bertz CT molecular complexity index is 1270. The lowest BCUT2D eigenvalue weighted by molar-refractivity contribution is -0.113. The van der Waals surface area contributed by atoms with E-state index in [2.05, 4.69) is 18.7 Å². The Hall–Kier alpha value is -3.67. The van der Waals surface area contributed by atoms with Crippen molar-refractivity contribution in [1.29, 1.82) is 0 Å². The molecule has 1 heterocycles. The van der Waals surface area contributed by atoms with E-state index in [9.17, 15) is 9.59 Å². The fourth-order valence-corrected chi connectivity index (χ4v) is 4.62. The second kappa shape index (κ2) is 14.6. The molecule has 0 N–H and O–H groups in total. The van der Waals surface area contributed by atoms with Crippen molar-refractivity contribution in [1.82, 2.24) is 9.80 Å². The molecule has 3 aromatic rings. The fraction of sp³-hybridized carbons (Fsp3) is 0.294. The Morgan fingerprint density at radius 1 is 0.800 bits per heavy atom. The average Bonchev–Trinajstić information content (AvgIpc) is 2.95. The predicted molar refractivity (Wildman–Crippen MR) is 166 cm³/mol. The van der Waals surface area contributed by atoms with Gasteiger partial charge in [0.15, 0.2) is 5.78 Å². The number of piperidine rings is 1. The first-order chi connectivity index (χ1) is 18.9. The van der Waals surface area contributed by atoms with E-state index in [1.807, 2.05) is 86.7 Å². The lowest BCUT2D eigenvalue weighted by Crippen LogP contribution is -2.41. The number of halogens is 1. The Kier molecular flexibility index (Phi) is 11.3. The summed E-state index contributed by atoms with van der Waals surface area (Å²) >= 11 is 0. The van der Waals surface area contributed by atoms with Gasteiger partial charge in [-0.2, -0.15) is 0 Å². The number of rotatable bonds is 9. The zero-order valence-electron chi connectivity index (χ0n) is 23.9. The molecule has 1 amide bonds. The summed E-state index contributed by atoms with van der Waals surface area (Å²) in [6, 6.07) is 23.4. The van der Waals surface area contributed by atoms with Gasteiger partial charge in [0.1, 0.15) is 12.4 Å². The van der Waals surface area contributed by atoms with Crippen LogP contribution >= 0.6 is 12.4 Å². The van der Waals surface area contributed by atoms with Crippen molar-refractivity contribution in [3.05, 3.63) is 112 Å². The molecule has 40 heavy (non-hydrogen) atoms. The summed E-state index contributed by atoms with van der Waals surface area (Å²) in [6.45, 7) is 12.3. The highest BCUT2D eigenvalue weighted by molar-refractivity contribution is 6.15. The maximum atomic E-state index is 13.6. The van der Waals surface area contributed by atoms with E-state index in [1.165, 1.54) is 0 Å². The van der Waals surface area contributed by atoms with E-state index >= 15 is 0 Å². The van der Waals surface area contributed by atoms with Crippen molar-refractivity contribution in [2.24, 2.45) is 0 Å². The molecule has 210 valence electrons. The van der Waals surface area contributed by atoms with Gasteiger partial charge >= 0.3 is 0 Å². The standard InChI is InChI=1S/C34H38N2O3.ClH/c1-5-35(6-2)19-20-39-32-17-15-29(16-18-32)34(38)36-23-30(21-27-11-7-25(3)8-12-27)33(37)31(24-36)22-28-13-9-26(4)10-14-28;/h7-18,21-22H,5-6,19-20,23-24H2,1-4H3;1H/b30-21-,31-22+;. The molecular weight excluding hydrogens is 520 g/mol. The number of ether oxygens (including phenoxy) is 1. The number of aryl methyl sites for hydroxylation is 2. The highest BCUT2D eigenvalue weighted by atomic mass is 35.5. The lowest BCUT2D eigenvalue weighted by Gasteiger charge is -2.30. The SMILES string of the molecule is CCN(CC)CCOc1ccc(C(=O)N2C/C(=C/c3ccc(C)cc3)C(=O)/C(=C/c3ccc(C)cc3)C2)cc1.Cl. The zero-order chi connectivity index (χ0) is 27.8. The van der Waals surface area contributed by atoms with Crippen LogP contribution in [0.1, 0.15) is 46.5 Å². The minimum atomic E-state index is -0.109. The maximum absolute atomic E-state index is 13.6. The number of hydrogen-bond donors (Lipinski definition) is 0. The van der Waals surface area contributed by atoms with E-state index in [-0.39, 0.29) is 37.2 Å². The van der Waals surface area contributed by atoms with Crippen LogP contribution in [-0.2, 0) is 4.79 Å². The Balaban J connectivity index is 0.00000441. The van der Waals surface area contributed by atoms with Crippen molar-refractivity contribution >= 4 is 36.2 Å². The van der Waals surface area contributed by atoms with Crippen molar-refractivity contribution in [3.8, 4) is 5.75 Å². The van der Waals surface area contributed by atoms with Crippen LogP contribution in [0, 0.1) is 13.8 Å². The summed E-state index contributed by atoms with van der Waals surface area (Å²) in [5.41, 5.74) is 5.98. The van der Waals surface area contributed by atoms with Crippen molar-refractivity contribution in [3.63, 3.8) is 0 Å². The van der Waals surface area contributed by atoms with Crippen LogP contribution in [-0.4, -0.2) is 60.8 Å². The van der Waals surface area contributed by atoms with Crippen LogP contribution in [0.3, 0.4) is 0 Å². The number of carbonyl (C=O) groups excluding carboxylic acids is 2. The smallest absolute Gasteiger partial charge is 0.254 e. The minimum absolute atomic E-state index is 0. The number of amides is 1. The van der Waals surface area contributed by atoms with Crippen molar-refractivity contribution < 1.29 is 14.3 Å². The molecule has 0 atom stereocenters. The van der Waals surface area contributed by atoms with Gasteiger partial charge in [0.05, 0.1) is 13.1 Å². The predicted octanol–water partition coefficient (Wildman–Crippen LogP) is 6.64. The summed E-state index contributed by atoms with van der Waals surface area (Å²) in [5, 5.41) is 0. The number of hydrogen-bond acceptors (Lipinski definition) is 4. The van der Waals surface area contributed by atoms with Gasteiger partial charge in [-0.1, -0.05) is 73.5 Å². The average molecular weight is 559 g/mol. The van der Waals surface area contributed by atoms with E-state index in [0.717, 1.165) is 47.6 Å². The molecule has 0 radical (unpaired) electrons. The minimum Gasteiger partial charge on any atom is -0.492 e. The third kappa shape index (κ3) is 8.17. The van der Waals surface area contributed by atoms with Crippen LogP contribution < -0.4 is 4.74 Å². The van der Waals surface area contributed by atoms with Gasteiger partial charge in [0.25, 0.3) is 5.91 Å². The molecule has 0 bridgehead atoms. The third-order valence-electron chi connectivity index (χ3n) is 7.10. The zero-order valence-corrected chi connectivity index (χ0v) is 24.7. The van der Waals surface area contributed by atoms with Crippen LogP contribution in [0.15, 0.2) is 83.9 Å². The second-order valence-corrected chi connectivity index (χ2v) is 10.1. The molecule has 1 saturated heterocycles. The van der Waals surface area contributed by atoms with E-state index in [4.69, 9.17) is 4.74 Å². The number of Topliss-reactive ketones (excluding diaryl/α,β-unsaturated/α-hetero) is 1. The fourth-order valence-electron chi connectivity index (χ4n) is 4.62. The first-order valence-electron chi connectivity index (χ1n) is 13.7. The lowest BCUT2D eigenvalue weighted by atomic mass is 9.93. The topological polar surface area (TPSA) is 49.9 Å². The summed E-state index contributed by atoms with van der Waals surface area (Å²) < 4.78 is 5.89. The third-order valence-corrected chi connectivity index (χ3v) is 7.10. The number of likely N-dealkylation sites (tertiary alicyclic amines) is 1. The number of carbonyl (C=O) groups is 2. The van der Waals surface area contributed by atoms with Gasteiger partial charge in [0.2, 0.25) is 0 Å². The van der Waals surface area contributed by atoms with Gasteiger partial charge in [-0.25, -0.2) is 0 Å². The molecular formula is C34H39ClN2O3. The summed E-state index contributed by atoms with van der Waals surface area (Å²) in [4.78, 5) is 31.2. The Labute approximate surface area is 244 Å². The highest BCUT2D eigenvalue weighted by Gasteiger charge is 2.29. The molecule has 0 spiro atoms. The molecule has 1 aliphatic rings. The first kappa shape index (κ1) is 30.9. The number of likely N-dealkylation sites (N-methyl/N-ethyl adjacent to an activating group) is 1. The summed E-state index contributed by atoms with van der Waals surface area (Å²) in [6.07, 6.45) is 3.80. The monoisotopic (exact) mass is 558 g/mol. The molecule has 0 saturated carbocycles. The number of benzene rings is 3. The maximum Gasteiger partial charge on any atom is 0.254 e. The molecule has 4 rings (SSSR count). The highest BCUT2D eigenvalue weighted by Crippen LogP contribution is 2.24. The van der Waals surface area contributed by atoms with Crippen LogP contribution in [0.4, 0.5) is 0 Å². The van der Waals surface area contributed by atoms with E-state index < -0.39 is 0 Å². The quantitative estimate of drug-likeness (QED) is 0.276. The molecule has 6 heteroatoms. The van der Waals surface area contributed by atoms with Gasteiger partial charge in [0, 0.05) is 23.3 Å².